The first-order valence-electron chi connectivity index (χ1n) is 12.0. The molecule has 0 spiro atoms. The smallest absolute Gasteiger partial charge is 0.281 e. The normalized spacial score (nSPS) is 16.2. The Morgan fingerprint density at radius 3 is 2.50 bits per heavy atom. The lowest BCUT2D eigenvalue weighted by molar-refractivity contribution is -0.136. The second-order valence-electron chi connectivity index (χ2n) is 9.51. The zero-order valence-corrected chi connectivity index (χ0v) is 21.5. The molecule has 1 N–H and O–H groups in total. The molecule has 7 nitrogen and oxygen atoms in total. The van der Waals surface area contributed by atoms with Crippen molar-refractivity contribution in [3.05, 3.63) is 81.9 Å². The summed E-state index contributed by atoms with van der Waals surface area (Å²) in [4.78, 5) is 33.1. The number of carbonyl (C=O) groups is 1. The molecule has 3 heterocycles. The average Bonchev–Trinajstić information content (AvgIpc) is 3.32. The first-order chi connectivity index (χ1) is 17.3. The highest BCUT2D eigenvalue weighted by Crippen LogP contribution is 2.31. The lowest BCUT2D eigenvalue weighted by Crippen LogP contribution is -2.49. The predicted molar refractivity (Wildman–Crippen MR) is 142 cm³/mol. The van der Waals surface area contributed by atoms with Crippen LogP contribution in [0.2, 0.25) is 5.02 Å². The molecule has 0 saturated carbocycles. The van der Waals surface area contributed by atoms with Crippen molar-refractivity contribution in [1.29, 1.82) is 0 Å². The summed E-state index contributed by atoms with van der Waals surface area (Å²) in [5.74, 6) is 0.220. The van der Waals surface area contributed by atoms with E-state index in [0.29, 0.717) is 48.4 Å². The number of hydrogen-bond donors (Lipinski definition) is 1. The average molecular weight is 523 g/mol. The number of piperidine rings is 1. The summed E-state index contributed by atoms with van der Waals surface area (Å²) in [5, 5.41) is 11.9. The Bertz CT molecular complexity index is 1430. The minimum Gasteiger partial charge on any atom is -0.388 e. The van der Waals surface area contributed by atoms with Crippen molar-refractivity contribution in [2.45, 2.75) is 44.2 Å². The summed E-state index contributed by atoms with van der Waals surface area (Å²) in [6, 6.07) is 17.3. The third kappa shape index (κ3) is 5.07. The molecular weight excluding hydrogens is 496 g/mol. The molecule has 0 aliphatic carbocycles. The third-order valence-electron chi connectivity index (χ3n) is 6.92. The number of rotatable bonds is 6. The van der Waals surface area contributed by atoms with E-state index in [2.05, 4.69) is 16.3 Å². The maximum Gasteiger partial charge on any atom is 0.281 e. The second-order valence-corrected chi connectivity index (χ2v) is 10.7. The molecule has 1 atom stereocenters. The molecule has 1 saturated heterocycles. The molecule has 1 amide bonds. The van der Waals surface area contributed by atoms with Crippen LogP contribution >= 0.6 is 23.1 Å². The Hall–Kier alpha value is -3.07. The van der Waals surface area contributed by atoms with E-state index in [1.807, 2.05) is 47.4 Å². The van der Waals surface area contributed by atoms with Gasteiger partial charge in [-0.2, -0.15) is 4.37 Å². The van der Waals surface area contributed by atoms with Crippen LogP contribution in [0, 0.1) is 0 Å². The molecule has 0 radical (unpaired) electrons. The van der Waals surface area contributed by atoms with Crippen molar-refractivity contribution in [3.8, 4) is 10.4 Å². The maximum atomic E-state index is 13.1. The molecule has 36 heavy (non-hydrogen) atoms. The van der Waals surface area contributed by atoms with Gasteiger partial charge in [0.2, 0.25) is 5.91 Å². The van der Waals surface area contributed by atoms with Crippen LogP contribution in [0.4, 0.5) is 0 Å². The number of carbonyl (C=O) groups excluding carboxylic acids is 1. The van der Waals surface area contributed by atoms with Crippen molar-refractivity contribution in [2.75, 3.05) is 13.1 Å². The molecule has 1 unspecified atom stereocenters. The van der Waals surface area contributed by atoms with Crippen molar-refractivity contribution < 1.29 is 9.90 Å². The molecule has 1 fully saturated rings. The summed E-state index contributed by atoms with van der Waals surface area (Å²) >= 11 is 7.21. The third-order valence-corrected chi connectivity index (χ3v) is 8.06. The zero-order chi connectivity index (χ0) is 25.3. The molecule has 1 aliphatic heterocycles. The first-order valence-corrected chi connectivity index (χ1v) is 13.1. The van der Waals surface area contributed by atoms with Crippen molar-refractivity contribution in [1.82, 2.24) is 18.8 Å². The first kappa shape index (κ1) is 24.6. The Labute approximate surface area is 218 Å². The van der Waals surface area contributed by atoms with Gasteiger partial charge in [-0.05, 0) is 53.6 Å². The summed E-state index contributed by atoms with van der Waals surface area (Å²) in [7, 11) is 0. The van der Waals surface area contributed by atoms with Crippen LogP contribution in [0.3, 0.4) is 0 Å². The van der Waals surface area contributed by atoms with Crippen LogP contribution in [0.25, 0.3) is 21.5 Å². The maximum absolute atomic E-state index is 13.1. The van der Waals surface area contributed by atoms with E-state index < -0.39 is 5.60 Å². The van der Waals surface area contributed by atoms with E-state index in [-0.39, 0.29) is 23.9 Å². The summed E-state index contributed by atoms with van der Waals surface area (Å²) in [6.07, 6.45) is 2.71. The van der Waals surface area contributed by atoms with E-state index in [1.54, 1.807) is 12.1 Å². The van der Waals surface area contributed by atoms with Crippen molar-refractivity contribution in [2.24, 2.45) is 0 Å². The summed E-state index contributed by atoms with van der Waals surface area (Å²) < 4.78 is 5.79. The van der Waals surface area contributed by atoms with Gasteiger partial charge in [0.05, 0.1) is 23.4 Å². The largest absolute Gasteiger partial charge is 0.388 e. The van der Waals surface area contributed by atoms with E-state index in [9.17, 15) is 14.7 Å². The highest BCUT2D eigenvalue weighted by atomic mass is 35.5. The van der Waals surface area contributed by atoms with Gasteiger partial charge < -0.3 is 10.0 Å². The van der Waals surface area contributed by atoms with Crippen LogP contribution in [-0.4, -0.2) is 48.5 Å². The van der Waals surface area contributed by atoms with Crippen LogP contribution in [0.15, 0.2) is 65.7 Å². The fraction of sp³-hybridized carbons (Fsp3) is 0.333. The fourth-order valence-electron chi connectivity index (χ4n) is 4.70. The predicted octanol–water partition coefficient (Wildman–Crippen LogP) is 4.72. The molecule has 2 aromatic carbocycles. The molecular formula is C27H27ClN4O3S. The Morgan fingerprint density at radius 2 is 1.81 bits per heavy atom. The topological polar surface area (TPSA) is 88.3 Å². The lowest BCUT2D eigenvalue weighted by Gasteiger charge is -2.38. The minimum atomic E-state index is -1.09. The highest BCUT2D eigenvalue weighted by Gasteiger charge is 2.35. The number of nitrogens with zero attached hydrogens (tertiary/aromatic N) is 4. The van der Waals surface area contributed by atoms with E-state index >= 15 is 0 Å². The van der Waals surface area contributed by atoms with Crippen LogP contribution in [0.5, 0.6) is 0 Å². The van der Waals surface area contributed by atoms with Gasteiger partial charge in [0.1, 0.15) is 5.52 Å². The molecule has 9 heteroatoms. The van der Waals surface area contributed by atoms with Crippen LogP contribution < -0.4 is 5.56 Å². The van der Waals surface area contributed by atoms with Gasteiger partial charge in [-0.15, -0.1) is 0 Å². The number of amides is 1. The van der Waals surface area contributed by atoms with Crippen molar-refractivity contribution in [3.63, 3.8) is 0 Å². The lowest BCUT2D eigenvalue weighted by atomic mass is 9.90. The van der Waals surface area contributed by atoms with Gasteiger partial charge >= 0.3 is 0 Å². The standard InChI is InChI=1S/C27H27ClN4O3S/c1-18(19-5-3-2-4-6-19)15-22(33)31-13-11-27(35,12-14-31)16-32-17-29-23-24(26(32)34)30-36-25(23)20-7-9-21(28)10-8-20/h2-10,17-18,35H,11-16H2,1H3. The minimum absolute atomic E-state index is 0.0888. The molecule has 5 rings (SSSR count). The molecule has 1 aliphatic rings. The van der Waals surface area contributed by atoms with Gasteiger partial charge in [0.15, 0.2) is 5.52 Å². The fourth-order valence-corrected chi connectivity index (χ4v) is 5.65. The molecule has 186 valence electrons. The molecule has 0 bridgehead atoms. The molecule has 2 aromatic heterocycles. The SMILES string of the molecule is CC(CC(=O)N1CCC(O)(Cn2cnc3c(-c4ccc(Cl)cc4)snc3c2=O)CC1)c1ccccc1. The summed E-state index contributed by atoms with van der Waals surface area (Å²) in [6.45, 7) is 3.09. The number of benzene rings is 2. The Kier molecular flexibility index (Phi) is 6.92. The number of hydrogen-bond acceptors (Lipinski definition) is 6. The quantitative estimate of drug-likeness (QED) is 0.396. The summed E-state index contributed by atoms with van der Waals surface area (Å²) in [5.41, 5.74) is 1.51. The number of aliphatic hydroxyl groups is 1. The Balaban J connectivity index is 1.25. The van der Waals surface area contributed by atoms with E-state index in [0.717, 1.165) is 16.0 Å². The van der Waals surface area contributed by atoms with Gasteiger partial charge in [-0.3, -0.25) is 14.2 Å². The van der Waals surface area contributed by atoms with Gasteiger partial charge in [0.25, 0.3) is 5.56 Å². The van der Waals surface area contributed by atoms with Gasteiger partial charge in [-0.1, -0.05) is 61.0 Å². The van der Waals surface area contributed by atoms with Gasteiger partial charge in [-0.25, -0.2) is 4.98 Å². The number of fused-ring (bicyclic) bond motifs is 1. The number of likely N-dealkylation sites (tertiary alicyclic amines) is 1. The van der Waals surface area contributed by atoms with Crippen LogP contribution in [-0.2, 0) is 11.3 Å². The number of aromatic nitrogens is 3. The Morgan fingerprint density at radius 1 is 1.11 bits per heavy atom. The van der Waals surface area contributed by atoms with E-state index in [4.69, 9.17) is 11.6 Å². The molecule has 4 aromatic rings. The van der Waals surface area contributed by atoms with Gasteiger partial charge in [0, 0.05) is 24.5 Å². The van der Waals surface area contributed by atoms with E-state index in [1.165, 1.54) is 22.4 Å². The van der Waals surface area contributed by atoms with Crippen LogP contribution in [0.1, 0.15) is 37.7 Å². The highest BCUT2D eigenvalue weighted by molar-refractivity contribution is 7.11. The zero-order valence-electron chi connectivity index (χ0n) is 19.9. The second kappa shape index (κ2) is 10.1. The number of halogens is 1. The monoisotopic (exact) mass is 522 g/mol. The van der Waals surface area contributed by atoms with Crippen molar-refractivity contribution >= 4 is 40.1 Å².